The zero-order chi connectivity index (χ0) is 10.4. The summed E-state index contributed by atoms with van der Waals surface area (Å²) in [7, 11) is 0. The van der Waals surface area contributed by atoms with Crippen LogP contribution in [0.25, 0.3) is 0 Å². The van der Waals surface area contributed by atoms with Gasteiger partial charge < -0.3 is 0 Å². The van der Waals surface area contributed by atoms with E-state index >= 15 is 0 Å². The van der Waals surface area contributed by atoms with Crippen molar-refractivity contribution in [3.05, 3.63) is 11.1 Å². The van der Waals surface area contributed by atoms with Gasteiger partial charge in [0.05, 0.1) is 0 Å². The second kappa shape index (κ2) is 6.86. The van der Waals surface area contributed by atoms with Crippen LogP contribution in [0.2, 0.25) is 0 Å². The van der Waals surface area contributed by atoms with Crippen LogP contribution in [0.3, 0.4) is 0 Å². The molecule has 0 radical (unpaired) electrons. The minimum absolute atomic E-state index is 0.820. The molecule has 1 aliphatic carbocycles. The summed E-state index contributed by atoms with van der Waals surface area (Å²) in [5.41, 5.74) is 2.98. The van der Waals surface area contributed by atoms with Crippen molar-refractivity contribution in [1.82, 2.24) is 4.90 Å². The molecule has 0 bridgehead atoms. The summed E-state index contributed by atoms with van der Waals surface area (Å²) in [5.74, 6) is 0. The van der Waals surface area contributed by atoms with Gasteiger partial charge in [-0.1, -0.05) is 34.0 Å². The van der Waals surface area contributed by atoms with Crippen LogP contribution in [0, 0.1) is 0 Å². The molecule has 0 aromatic rings. The fourth-order valence-corrected chi connectivity index (χ4v) is 2.08. The van der Waals surface area contributed by atoms with E-state index < -0.39 is 0 Å². The van der Waals surface area contributed by atoms with Crippen molar-refractivity contribution in [2.24, 2.45) is 0 Å². The van der Waals surface area contributed by atoms with Crippen LogP contribution in [0.5, 0.6) is 0 Å². The number of alkyl halides is 1. The molecule has 82 valence electrons. The van der Waals surface area contributed by atoms with E-state index in [-0.39, 0.29) is 0 Å². The number of hydrogen-bond donors (Lipinski definition) is 0. The highest BCUT2D eigenvalue weighted by Gasteiger charge is 2.24. The first-order valence-electron chi connectivity index (χ1n) is 5.33. The molecule has 0 aliphatic heterocycles. The SMILES string of the molecule is CC(=CCl)CN(CCCBr)C1CCC1. The number of hydrogen-bond acceptors (Lipinski definition) is 1. The number of rotatable bonds is 6. The van der Waals surface area contributed by atoms with Crippen LogP contribution < -0.4 is 0 Å². The molecule has 0 aromatic carbocycles. The molecule has 0 N–H and O–H groups in total. The summed E-state index contributed by atoms with van der Waals surface area (Å²) < 4.78 is 0. The monoisotopic (exact) mass is 279 g/mol. The largest absolute Gasteiger partial charge is 0.296 e. The molecule has 3 heteroatoms. The van der Waals surface area contributed by atoms with Gasteiger partial charge in [0, 0.05) is 23.5 Å². The second-order valence-electron chi connectivity index (χ2n) is 4.05. The van der Waals surface area contributed by atoms with Crippen LogP contribution >= 0.6 is 27.5 Å². The maximum atomic E-state index is 5.70. The van der Waals surface area contributed by atoms with Crippen LogP contribution in [0.1, 0.15) is 32.6 Å². The lowest BCUT2D eigenvalue weighted by Crippen LogP contribution is -2.41. The van der Waals surface area contributed by atoms with Crippen LogP contribution in [0.4, 0.5) is 0 Å². The Morgan fingerprint density at radius 3 is 2.71 bits per heavy atom. The fraction of sp³-hybridized carbons (Fsp3) is 0.818. The highest BCUT2D eigenvalue weighted by Crippen LogP contribution is 2.25. The molecule has 0 atom stereocenters. The number of nitrogens with zero attached hydrogens (tertiary/aromatic N) is 1. The molecule has 0 spiro atoms. The third-order valence-corrected chi connectivity index (χ3v) is 3.74. The van der Waals surface area contributed by atoms with Gasteiger partial charge >= 0.3 is 0 Å². The Bertz CT molecular complexity index is 190. The van der Waals surface area contributed by atoms with Gasteiger partial charge in [-0.25, -0.2) is 0 Å². The molecule has 0 saturated heterocycles. The van der Waals surface area contributed by atoms with Crippen molar-refractivity contribution in [1.29, 1.82) is 0 Å². The molecular formula is C11H19BrClN. The molecule has 1 fully saturated rings. The summed E-state index contributed by atoms with van der Waals surface area (Å²) in [5, 5.41) is 1.10. The van der Waals surface area contributed by atoms with Crippen molar-refractivity contribution >= 4 is 27.5 Å². The summed E-state index contributed by atoms with van der Waals surface area (Å²) >= 11 is 9.18. The molecule has 0 amide bonds. The highest BCUT2D eigenvalue weighted by atomic mass is 79.9. The van der Waals surface area contributed by atoms with Gasteiger partial charge in [-0.3, -0.25) is 4.90 Å². The maximum Gasteiger partial charge on any atom is 0.0204 e. The van der Waals surface area contributed by atoms with Gasteiger partial charge in [0.15, 0.2) is 0 Å². The summed E-state index contributed by atoms with van der Waals surface area (Å²) in [6.45, 7) is 4.34. The maximum absolute atomic E-state index is 5.70. The lowest BCUT2D eigenvalue weighted by atomic mass is 9.91. The van der Waals surface area contributed by atoms with E-state index in [4.69, 9.17) is 11.6 Å². The van der Waals surface area contributed by atoms with E-state index in [1.807, 2.05) is 0 Å². The molecule has 14 heavy (non-hydrogen) atoms. The Labute approximate surface area is 101 Å². The zero-order valence-corrected chi connectivity index (χ0v) is 11.1. The average Bonchev–Trinajstić information content (AvgIpc) is 2.11. The molecule has 0 heterocycles. The summed E-state index contributed by atoms with van der Waals surface area (Å²) in [6.07, 6.45) is 5.38. The summed E-state index contributed by atoms with van der Waals surface area (Å²) in [4.78, 5) is 2.57. The first kappa shape index (κ1) is 12.5. The van der Waals surface area contributed by atoms with E-state index in [9.17, 15) is 0 Å². The average molecular weight is 281 g/mol. The molecule has 1 rings (SSSR count). The minimum Gasteiger partial charge on any atom is -0.296 e. The lowest BCUT2D eigenvalue weighted by Gasteiger charge is -2.37. The van der Waals surface area contributed by atoms with Gasteiger partial charge in [0.1, 0.15) is 0 Å². The molecule has 1 saturated carbocycles. The third-order valence-electron chi connectivity index (χ3n) is 2.81. The Balaban J connectivity index is 2.35. The lowest BCUT2D eigenvalue weighted by molar-refractivity contribution is 0.139. The number of halogens is 2. The zero-order valence-electron chi connectivity index (χ0n) is 8.81. The van der Waals surface area contributed by atoms with Gasteiger partial charge in [-0.2, -0.15) is 0 Å². The minimum atomic E-state index is 0.820. The molecular weight excluding hydrogens is 261 g/mol. The van der Waals surface area contributed by atoms with Gasteiger partial charge in [0.25, 0.3) is 0 Å². The highest BCUT2D eigenvalue weighted by molar-refractivity contribution is 9.09. The molecule has 0 aromatic heterocycles. The van der Waals surface area contributed by atoms with E-state index in [2.05, 4.69) is 27.8 Å². The van der Waals surface area contributed by atoms with Crippen molar-refractivity contribution in [3.8, 4) is 0 Å². The van der Waals surface area contributed by atoms with Crippen LogP contribution in [-0.4, -0.2) is 29.4 Å². The van der Waals surface area contributed by atoms with Crippen molar-refractivity contribution in [2.45, 2.75) is 38.6 Å². The Morgan fingerprint density at radius 2 is 2.29 bits per heavy atom. The first-order valence-corrected chi connectivity index (χ1v) is 6.89. The molecule has 1 aliphatic rings. The van der Waals surface area contributed by atoms with Crippen LogP contribution in [0.15, 0.2) is 11.1 Å². The van der Waals surface area contributed by atoms with E-state index in [0.29, 0.717) is 0 Å². The molecule has 1 nitrogen and oxygen atoms in total. The predicted molar refractivity (Wildman–Crippen MR) is 67.2 cm³/mol. The fourth-order valence-electron chi connectivity index (χ4n) is 1.76. The topological polar surface area (TPSA) is 3.24 Å². The van der Waals surface area contributed by atoms with Crippen molar-refractivity contribution < 1.29 is 0 Å². The summed E-state index contributed by atoms with van der Waals surface area (Å²) in [6, 6.07) is 0.820. The normalized spacial score (nSPS) is 18.7. The van der Waals surface area contributed by atoms with Gasteiger partial charge in [-0.15, -0.1) is 0 Å². The Morgan fingerprint density at radius 1 is 1.57 bits per heavy atom. The predicted octanol–water partition coefficient (Wildman–Crippen LogP) is 3.77. The quantitative estimate of drug-likeness (QED) is 0.670. The first-order chi connectivity index (χ1) is 6.77. The van der Waals surface area contributed by atoms with E-state index in [1.54, 1.807) is 5.54 Å². The Kier molecular flexibility index (Phi) is 6.15. The van der Waals surface area contributed by atoms with E-state index in [0.717, 1.165) is 17.9 Å². The van der Waals surface area contributed by atoms with Crippen molar-refractivity contribution in [3.63, 3.8) is 0 Å². The smallest absolute Gasteiger partial charge is 0.0204 e. The van der Waals surface area contributed by atoms with Gasteiger partial charge in [0.2, 0.25) is 0 Å². The molecule has 0 unspecified atom stereocenters. The van der Waals surface area contributed by atoms with Crippen molar-refractivity contribution in [2.75, 3.05) is 18.4 Å². The van der Waals surface area contributed by atoms with Gasteiger partial charge in [-0.05, 0) is 38.3 Å². The van der Waals surface area contributed by atoms with E-state index in [1.165, 1.54) is 37.8 Å². The standard InChI is InChI=1S/C11H19BrClN/c1-10(8-13)9-14(7-3-6-12)11-4-2-5-11/h8,11H,2-7,9H2,1H3. The Hall–Kier alpha value is 0.470. The third kappa shape index (κ3) is 3.92. The second-order valence-corrected chi connectivity index (χ2v) is 5.06. The van der Waals surface area contributed by atoms with Crippen LogP contribution in [-0.2, 0) is 0 Å².